The van der Waals surface area contributed by atoms with E-state index < -0.39 is 11.8 Å². The second-order valence-electron chi connectivity index (χ2n) is 5.18. The van der Waals surface area contributed by atoms with Crippen LogP contribution in [0.2, 0.25) is 10.0 Å². The Morgan fingerprint density at radius 2 is 1.73 bits per heavy atom. The molecule has 138 valence electrons. The summed E-state index contributed by atoms with van der Waals surface area (Å²) in [7, 11) is 1.48. The number of carbonyl (C=O) groups excluding carboxylic acids is 2. The van der Waals surface area contributed by atoms with Gasteiger partial charge in [-0.1, -0.05) is 29.3 Å². The lowest BCUT2D eigenvalue weighted by atomic mass is 10.1. The minimum absolute atomic E-state index is 0.0641. The smallest absolute Gasteiger partial charge is 0.269 e. The quantitative estimate of drug-likeness (QED) is 0.733. The highest BCUT2D eigenvalue weighted by Crippen LogP contribution is 2.28. The number of halogens is 2. The first kappa shape index (κ1) is 19.9. The van der Waals surface area contributed by atoms with Gasteiger partial charge in [0.1, 0.15) is 0 Å². The zero-order chi connectivity index (χ0) is 19.1. The highest BCUT2D eigenvalue weighted by atomic mass is 35.5. The van der Waals surface area contributed by atoms with Crippen molar-refractivity contribution in [2.75, 3.05) is 13.7 Å². The number of hydrazine groups is 1. The van der Waals surface area contributed by atoms with Crippen LogP contribution >= 0.6 is 23.2 Å². The number of carbonyl (C=O) groups is 2. The molecule has 8 heteroatoms. The Balaban J connectivity index is 1.99. The molecule has 0 fully saturated rings. The fourth-order valence-electron chi connectivity index (χ4n) is 2.19. The van der Waals surface area contributed by atoms with E-state index in [-0.39, 0.29) is 6.42 Å². The molecule has 0 saturated heterocycles. The lowest BCUT2D eigenvalue weighted by Crippen LogP contribution is -2.42. The third-order valence-electron chi connectivity index (χ3n) is 3.44. The van der Waals surface area contributed by atoms with E-state index in [1.54, 1.807) is 30.3 Å². The van der Waals surface area contributed by atoms with Crippen LogP contribution in [-0.4, -0.2) is 25.5 Å². The van der Waals surface area contributed by atoms with Gasteiger partial charge in [-0.15, -0.1) is 0 Å². The molecule has 0 aliphatic carbocycles. The summed E-state index contributed by atoms with van der Waals surface area (Å²) >= 11 is 12.1. The number of hydrogen-bond acceptors (Lipinski definition) is 4. The van der Waals surface area contributed by atoms with Crippen molar-refractivity contribution in [2.45, 2.75) is 13.3 Å². The van der Waals surface area contributed by atoms with E-state index in [1.807, 2.05) is 6.92 Å². The Morgan fingerprint density at radius 3 is 2.35 bits per heavy atom. The van der Waals surface area contributed by atoms with E-state index in [4.69, 9.17) is 32.7 Å². The SMILES string of the molecule is CCOc1ccc(C(=O)NNC(=O)Cc2c(Cl)cccc2Cl)cc1OC. The fraction of sp³-hybridized carbons (Fsp3) is 0.222. The number of hydrogen-bond donors (Lipinski definition) is 2. The topological polar surface area (TPSA) is 76.7 Å². The molecule has 2 rings (SSSR count). The van der Waals surface area contributed by atoms with Crippen LogP contribution in [-0.2, 0) is 11.2 Å². The normalized spacial score (nSPS) is 10.2. The summed E-state index contributed by atoms with van der Waals surface area (Å²) in [6.45, 7) is 2.32. The van der Waals surface area contributed by atoms with Crippen molar-refractivity contribution >= 4 is 35.0 Å². The van der Waals surface area contributed by atoms with Gasteiger partial charge in [-0.2, -0.15) is 0 Å². The van der Waals surface area contributed by atoms with Crippen LogP contribution in [0.5, 0.6) is 11.5 Å². The molecule has 0 aliphatic heterocycles. The molecule has 6 nitrogen and oxygen atoms in total. The van der Waals surface area contributed by atoms with E-state index in [0.29, 0.717) is 39.3 Å². The standard InChI is InChI=1S/C18H18Cl2N2O4/c1-3-26-15-8-7-11(9-16(15)25-2)18(24)22-21-17(23)10-12-13(19)5-4-6-14(12)20/h4-9H,3,10H2,1-2H3,(H,21,23)(H,22,24). The minimum Gasteiger partial charge on any atom is -0.493 e. The lowest BCUT2D eigenvalue weighted by Gasteiger charge is -2.12. The number of ether oxygens (including phenoxy) is 2. The Morgan fingerprint density at radius 1 is 1.04 bits per heavy atom. The van der Waals surface area contributed by atoms with Crippen molar-refractivity contribution in [1.82, 2.24) is 10.9 Å². The predicted molar refractivity (Wildman–Crippen MR) is 99.9 cm³/mol. The first-order valence-electron chi connectivity index (χ1n) is 7.79. The number of amides is 2. The number of rotatable bonds is 6. The van der Waals surface area contributed by atoms with Crippen molar-refractivity contribution < 1.29 is 19.1 Å². The summed E-state index contributed by atoms with van der Waals surface area (Å²) < 4.78 is 10.6. The molecule has 0 unspecified atom stereocenters. The van der Waals surface area contributed by atoms with Crippen molar-refractivity contribution in [3.05, 3.63) is 57.6 Å². The largest absolute Gasteiger partial charge is 0.493 e. The molecule has 2 N–H and O–H groups in total. The van der Waals surface area contributed by atoms with Gasteiger partial charge in [0.2, 0.25) is 5.91 Å². The summed E-state index contributed by atoms with van der Waals surface area (Å²) in [5, 5.41) is 0.769. The van der Waals surface area contributed by atoms with Crippen molar-refractivity contribution in [3.8, 4) is 11.5 Å². The number of methoxy groups -OCH3 is 1. The van der Waals surface area contributed by atoms with Crippen molar-refractivity contribution in [3.63, 3.8) is 0 Å². The Hall–Kier alpha value is -2.44. The molecule has 0 bridgehead atoms. The second kappa shape index (κ2) is 9.31. The average molecular weight is 397 g/mol. The van der Waals surface area contributed by atoms with E-state index in [2.05, 4.69) is 10.9 Å². The van der Waals surface area contributed by atoms with Crippen LogP contribution in [0, 0.1) is 0 Å². The van der Waals surface area contributed by atoms with E-state index >= 15 is 0 Å². The second-order valence-corrected chi connectivity index (χ2v) is 5.99. The van der Waals surface area contributed by atoms with Gasteiger partial charge < -0.3 is 9.47 Å². The molecule has 26 heavy (non-hydrogen) atoms. The summed E-state index contributed by atoms with van der Waals surface area (Å²) in [4.78, 5) is 24.2. The Kier molecular flexibility index (Phi) is 7.12. The molecular formula is C18H18Cl2N2O4. The van der Waals surface area contributed by atoms with Crippen molar-refractivity contribution in [2.24, 2.45) is 0 Å². The number of benzene rings is 2. The van der Waals surface area contributed by atoms with Crippen LogP contribution in [0.25, 0.3) is 0 Å². The molecule has 0 radical (unpaired) electrons. The Labute approximate surface area is 161 Å². The maximum atomic E-state index is 12.2. The first-order chi connectivity index (χ1) is 12.5. The van der Waals surface area contributed by atoms with Gasteiger partial charge in [-0.25, -0.2) is 0 Å². The maximum Gasteiger partial charge on any atom is 0.269 e. The third kappa shape index (κ3) is 5.03. The van der Waals surface area contributed by atoms with Gasteiger partial charge in [-0.3, -0.25) is 20.4 Å². The van der Waals surface area contributed by atoms with Crippen LogP contribution in [0.1, 0.15) is 22.8 Å². The van der Waals surface area contributed by atoms with E-state index in [1.165, 1.54) is 13.2 Å². The summed E-state index contributed by atoms with van der Waals surface area (Å²) in [6, 6.07) is 9.69. The minimum atomic E-state index is -0.495. The van der Waals surface area contributed by atoms with Crippen LogP contribution in [0.4, 0.5) is 0 Å². The summed E-state index contributed by atoms with van der Waals surface area (Å²) in [5.74, 6) is 0.00817. The molecule has 0 heterocycles. The van der Waals surface area contributed by atoms with Crippen molar-refractivity contribution in [1.29, 1.82) is 0 Å². The highest BCUT2D eigenvalue weighted by Gasteiger charge is 2.14. The molecule has 0 aromatic heterocycles. The average Bonchev–Trinajstić information content (AvgIpc) is 2.63. The van der Waals surface area contributed by atoms with Crippen LogP contribution < -0.4 is 20.3 Å². The number of nitrogens with one attached hydrogen (secondary N) is 2. The monoisotopic (exact) mass is 396 g/mol. The van der Waals surface area contributed by atoms with Gasteiger partial charge >= 0.3 is 0 Å². The fourth-order valence-corrected chi connectivity index (χ4v) is 2.72. The molecule has 0 spiro atoms. The van der Waals surface area contributed by atoms with Gasteiger partial charge in [-0.05, 0) is 42.8 Å². The van der Waals surface area contributed by atoms with Gasteiger partial charge in [0.15, 0.2) is 11.5 Å². The van der Waals surface area contributed by atoms with Gasteiger partial charge in [0.25, 0.3) is 5.91 Å². The van der Waals surface area contributed by atoms with Gasteiger partial charge in [0.05, 0.1) is 20.1 Å². The zero-order valence-corrected chi connectivity index (χ0v) is 15.8. The molecular weight excluding hydrogens is 379 g/mol. The predicted octanol–water partition coefficient (Wildman–Crippen LogP) is 3.40. The van der Waals surface area contributed by atoms with E-state index in [0.717, 1.165) is 0 Å². The lowest BCUT2D eigenvalue weighted by molar-refractivity contribution is -0.121. The zero-order valence-electron chi connectivity index (χ0n) is 14.3. The molecule has 2 aromatic rings. The molecule has 0 atom stereocenters. The molecule has 2 amide bonds. The molecule has 2 aromatic carbocycles. The maximum absolute atomic E-state index is 12.2. The first-order valence-corrected chi connectivity index (χ1v) is 8.54. The molecule has 0 aliphatic rings. The van der Waals surface area contributed by atoms with Gasteiger partial charge in [0, 0.05) is 15.6 Å². The molecule has 0 saturated carbocycles. The Bertz CT molecular complexity index is 792. The van der Waals surface area contributed by atoms with Crippen LogP contribution in [0.3, 0.4) is 0 Å². The summed E-state index contributed by atoms with van der Waals surface area (Å²) in [5.41, 5.74) is 5.47. The summed E-state index contributed by atoms with van der Waals surface area (Å²) in [6.07, 6.45) is -0.0641. The van der Waals surface area contributed by atoms with E-state index in [9.17, 15) is 9.59 Å². The van der Waals surface area contributed by atoms with Crippen LogP contribution in [0.15, 0.2) is 36.4 Å². The third-order valence-corrected chi connectivity index (χ3v) is 4.15. The highest BCUT2D eigenvalue weighted by molar-refractivity contribution is 6.36.